The molecule has 4 nitrogen and oxygen atoms in total. The third-order valence-corrected chi connectivity index (χ3v) is 2.06. The number of rotatable bonds is 5. The van der Waals surface area contributed by atoms with Gasteiger partial charge in [0.2, 0.25) is 0 Å². The SMILES string of the molecule is CCCCCCC1(C)N=NN=N1. The second-order valence-corrected chi connectivity index (χ2v) is 3.41. The minimum atomic E-state index is -0.340. The van der Waals surface area contributed by atoms with Gasteiger partial charge in [0, 0.05) is 0 Å². The van der Waals surface area contributed by atoms with Crippen molar-refractivity contribution in [3.63, 3.8) is 0 Å². The fourth-order valence-corrected chi connectivity index (χ4v) is 1.24. The average molecular weight is 168 g/mol. The molecule has 0 aromatic carbocycles. The van der Waals surface area contributed by atoms with Gasteiger partial charge in [-0.1, -0.05) is 26.2 Å². The summed E-state index contributed by atoms with van der Waals surface area (Å²) in [5.74, 6) is 0. The van der Waals surface area contributed by atoms with Crippen molar-refractivity contribution in [3.8, 4) is 0 Å². The molecule has 68 valence electrons. The van der Waals surface area contributed by atoms with Crippen LogP contribution in [0, 0.1) is 0 Å². The van der Waals surface area contributed by atoms with Crippen LogP contribution in [0.25, 0.3) is 0 Å². The number of nitrogens with zero attached hydrogens (tertiary/aromatic N) is 4. The first-order chi connectivity index (χ1) is 5.77. The van der Waals surface area contributed by atoms with Crippen molar-refractivity contribution < 1.29 is 0 Å². The highest BCUT2D eigenvalue weighted by Crippen LogP contribution is 2.25. The van der Waals surface area contributed by atoms with Gasteiger partial charge in [0.25, 0.3) is 0 Å². The molecule has 0 aromatic rings. The molecular weight excluding hydrogens is 152 g/mol. The Morgan fingerprint density at radius 1 is 1.00 bits per heavy atom. The third-order valence-electron chi connectivity index (χ3n) is 2.06. The van der Waals surface area contributed by atoms with Crippen molar-refractivity contribution in [2.75, 3.05) is 0 Å². The van der Waals surface area contributed by atoms with Crippen molar-refractivity contribution in [1.82, 2.24) is 0 Å². The third kappa shape index (κ3) is 2.68. The molecule has 0 unspecified atom stereocenters. The first-order valence-electron chi connectivity index (χ1n) is 4.61. The molecule has 0 aromatic heterocycles. The van der Waals surface area contributed by atoms with Crippen molar-refractivity contribution in [3.05, 3.63) is 0 Å². The van der Waals surface area contributed by atoms with Crippen LogP contribution in [-0.2, 0) is 0 Å². The van der Waals surface area contributed by atoms with Crippen molar-refractivity contribution in [2.45, 2.75) is 51.6 Å². The average Bonchev–Trinajstić information content (AvgIpc) is 2.47. The maximum absolute atomic E-state index is 3.96. The molecule has 1 aliphatic rings. The van der Waals surface area contributed by atoms with Gasteiger partial charge in [-0.2, -0.15) is 0 Å². The Hall–Kier alpha value is -0.800. The second-order valence-electron chi connectivity index (χ2n) is 3.41. The monoisotopic (exact) mass is 168 g/mol. The first-order valence-corrected chi connectivity index (χ1v) is 4.61. The molecule has 0 fully saturated rings. The maximum atomic E-state index is 3.96. The minimum absolute atomic E-state index is 0.340. The Kier molecular flexibility index (Phi) is 3.31. The lowest BCUT2D eigenvalue weighted by Crippen LogP contribution is -2.14. The van der Waals surface area contributed by atoms with Gasteiger partial charge in [-0.05, 0) is 30.2 Å². The predicted octanol–water partition coefficient (Wildman–Crippen LogP) is 3.51. The molecule has 0 atom stereocenters. The molecule has 1 rings (SSSR count). The van der Waals surface area contributed by atoms with Crippen LogP contribution in [0.4, 0.5) is 0 Å². The molecule has 1 heterocycles. The van der Waals surface area contributed by atoms with Gasteiger partial charge >= 0.3 is 0 Å². The van der Waals surface area contributed by atoms with Crippen LogP contribution in [0.5, 0.6) is 0 Å². The molecule has 0 aliphatic carbocycles. The zero-order valence-electron chi connectivity index (χ0n) is 7.82. The Morgan fingerprint density at radius 2 is 1.67 bits per heavy atom. The van der Waals surface area contributed by atoms with Crippen LogP contribution < -0.4 is 0 Å². The molecule has 0 spiro atoms. The minimum Gasteiger partial charge on any atom is -0.135 e. The van der Waals surface area contributed by atoms with Gasteiger partial charge < -0.3 is 0 Å². The van der Waals surface area contributed by atoms with Crippen molar-refractivity contribution in [2.24, 2.45) is 20.7 Å². The molecule has 1 aliphatic heterocycles. The van der Waals surface area contributed by atoms with E-state index < -0.39 is 0 Å². The summed E-state index contributed by atoms with van der Waals surface area (Å²) in [6, 6.07) is 0. The lowest BCUT2D eigenvalue weighted by atomic mass is 10.0. The smallest absolute Gasteiger partial charge is 0.135 e. The standard InChI is InChI=1S/C8H16N4/c1-3-4-5-6-7-8(2)9-11-12-10-8/h3-7H2,1-2H3. The molecule has 0 N–H and O–H groups in total. The normalized spacial score (nSPS) is 18.8. The van der Waals surface area contributed by atoms with Gasteiger partial charge in [0.05, 0.1) is 0 Å². The van der Waals surface area contributed by atoms with Gasteiger partial charge in [0.1, 0.15) is 0 Å². The zero-order valence-corrected chi connectivity index (χ0v) is 7.82. The summed E-state index contributed by atoms with van der Waals surface area (Å²) >= 11 is 0. The van der Waals surface area contributed by atoms with E-state index in [-0.39, 0.29) is 5.66 Å². The van der Waals surface area contributed by atoms with Gasteiger partial charge in [-0.25, -0.2) is 0 Å². The Balaban J connectivity index is 2.14. The highest BCUT2D eigenvalue weighted by molar-refractivity contribution is 4.78. The van der Waals surface area contributed by atoms with Crippen LogP contribution in [0.3, 0.4) is 0 Å². The second kappa shape index (κ2) is 4.28. The van der Waals surface area contributed by atoms with E-state index in [1.165, 1.54) is 25.7 Å². The summed E-state index contributed by atoms with van der Waals surface area (Å²) in [6.45, 7) is 4.18. The lowest BCUT2D eigenvalue weighted by molar-refractivity contribution is 0.423. The van der Waals surface area contributed by atoms with E-state index in [1.807, 2.05) is 6.92 Å². The fraction of sp³-hybridized carbons (Fsp3) is 1.00. The number of hydrogen-bond acceptors (Lipinski definition) is 4. The van der Waals surface area contributed by atoms with E-state index in [9.17, 15) is 0 Å². The topological polar surface area (TPSA) is 49.4 Å². The van der Waals surface area contributed by atoms with E-state index >= 15 is 0 Å². The summed E-state index contributed by atoms with van der Waals surface area (Å²) in [6.07, 6.45) is 5.96. The van der Waals surface area contributed by atoms with Crippen LogP contribution in [0.2, 0.25) is 0 Å². The molecular formula is C8H16N4. The maximum Gasteiger partial charge on any atom is 0.192 e. The zero-order chi connectivity index (χ0) is 8.86. The molecule has 0 saturated heterocycles. The van der Waals surface area contributed by atoms with Gasteiger partial charge in [-0.3, -0.25) is 0 Å². The molecule has 4 heteroatoms. The summed E-state index contributed by atoms with van der Waals surface area (Å²) in [4.78, 5) is 0. The van der Waals surface area contributed by atoms with E-state index in [2.05, 4.69) is 27.6 Å². The molecule has 0 saturated carbocycles. The van der Waals surface area contributed by atoms with E-state index in [4.69, 9.17) is 0 Å². The first kappa shape index (κ1) is 9.29. The number of hydrogen-bond donors (Lipinski definition) is 0. The van der Waals surface area contributed by atoms with Crippen LogP contribution in [-0.4, -0.2) is 5.66 Å². The molecule has 0 radical (unpaired) electrons. The highest BCUT2D eigenvalue weighted by Gasteiger charge is 2.25. The van der Waals surface area contributed by atoms with Crippen LogP contribution in [0.15, 0.2) is 20.7 Å². The number of unbranched alkanes of at least 4 members (excludes halogenated alkanes) is 3. The van der Waals surface area contributed by atoms with E-state index in [0.717, 1.165) is 6.42 Å². The summed E-state index contributed by atoms with van der Waals surface area (Å²) in [7, 11) is 0. The van der Waals surface area contributed by atoms with Crippen molar-refractivity contribution in [1.29, 1.82) is 0 Å². The largest absolute Gasteiger partial charge is 0.192 e. The summed E-state index contributed by atoms with van der Waals surface area (Å²) < 4.78 is 0. The van der Waals surface area contributed by atoms with E-state index in [1.54, 1.807) is 0 Å². The summed E-state index contributed by atoms with van der Waals surface area (Å²) in [5, 5.41) is 15.0. The Bertz CT molecular complexity index is 173. The predicted molar refractivity (Wildman–Crippen MR) is 46.9 cm³/mol. The van der Waals surface area contributed by atoms with Gasteiger partial charge in [-0.15, -0.1) is 10.2 Å². The lowest BCUT2D eigenvalue weighted by Gasteiger charge is -2.12. The molecule has 0 amide bonds. The van der Waals surface area contributed by atoms with Crippen molar-refractivity contribution >= 4 is 0 Å². The van der Waals surface area contributed by atoms with E-state index in [0.29, 0.717) is 0 Å². The fourth-order valence-electron chi connectivity index (χ4n) is 1.24. The van der Waals surface area contributed by atoms with Crippen LogP contribution >= 0.6 is 0 Å². The quantitative estimate of drug-likeness (QED) is 0.564. The Morgan fingerprint density at radius 3 is 2.25 bits per heavy atom. The molecule has 12 heavy (non-hydrogen) atoms. The molecule has 0 bridgehead atoms. The van der Waals surface area contributed by atoms with Gasteiger partial charge in [0.15, 0.2) is 5.66 Å². The van der Waals surface area contributed by atoms with Crippen LogP contribution in [0.1, 0.15) is 46.0 Å². The Labute approximate surface area is 73.2 Å². The highest BCUT2D eigenvalue weighted by atomic mass is 15.6. The summed E-state index contributed by atoms with van der Waals surface area (Å²) in [5.41, 5.74) is -0.340.